The van der Waals surface area contributed by atoms with Crippen LogP contribution in [0.25, 0.3) is 0 Å². The van der Waals surface area contributed by atoms with Gasteiger partial charge in [-0.05, 0) is 43.1 Å². The van der Waals surface area contributed by atoms with E-state index in [0.717, 1.165) is 6.42 Å². The van der Waals surface area contributed by atoms with E-state index in [9.17, 15) is 4.79 Å². The average Bonchev–Trinajstić information content (AvgIpc) is 2.44. The molecule has 2 atom stereocenters. The number of carbonyl (C=O) groups is 1. The molecule has 0 spiro atoms. The molecular weight excluding hydrogens is 304 g/mol. The molecular formula is C16H30O3S2. The SMILES string of the molecule is CC(C)COCCC(=O)OC(C)CC(C)C1SCCCS1. The summed E-state index contributed by atoms with van der Waals surface area (Å²) in [6.45, 7) is 9.64. The second kappa shape index (κ2) is 10.8. The number of carbonyl (C=O) groups excluding carboxylic acids is 1. The molecule has 1 aliphatic rings. The number of thioether (sulfide) groups is 2. The van der Waals surface area contributed by atoms with Crippen molar-refractivity contribution in [3.05, 3.63) is 0 Å². The first kappa shape index (κ1) is 19.2. The highest BCUT2D eigenvalue weighted by molar-refractivity contribution is 8.17. The number of hydrogen-bond acceptors (Lipinski definition) is 5. The molecule has 21 heavy (non-hydrogen) atoms. The van der Waals surface area contributed by atoms with Gasteiger partial charge in [-0.2, -0.15) is 0 Å². The normalized spacial score (nSPS) is 19.5. The molecule has 0 bridgehead atoms. The molecule has 0 N–H and O–H groups in total. The van der Waals surface area contributed by atoms with Gasteiger partial charge in [0.2, 0.25) is 0 Å². The Morgan fingerprint density at radius 1 is 1.19 bits per heavy atom. The molecule has 1 fully saturated rings. The second-order valence-electron chi connectivity index (χ2n) is 6.20. The van der Waals surface area contributed by atoms with Gasteiger partial charge in [0.25, 0.3) is 0 Å². The maximum Gasteiger partial charge on any atom is 0.308 e. The molecule has 0 aromatic rings. The fourth-order valence-corrected chi connectivity index (χ4v) is 5.39. The standard InChI is InChI=1S/C16H30O3S2/c1-12(2)11-18-7-6-15(17)19-14(4)10-13(3)16-20-8-5-9-21-16/h12-14,16H,5-11H2,1-4H3. The van der Waals surface area contributed by atoms with Crippen molar-refractivity contribution in [3.8, 4) is 0 Å². The Kier molecular flexibility index (Phi) is 9.85. The van der Waals surface area contributed by atoms with E-state index >= 15 is 0 Å². The van der Waals surface area contributed by atoms with Crippen LogP contribution >= 0.6 is 23.5 Å². The van der Waals surface area contributed by atoms with Crippen molar-refractivity contribution in [2.24, 2.45) is 11.8 Å². The van der Waals surface area contributed by atoms with Crippen molar-refractivity contribution in [3.63, 3.8) is 0 Å². The van der Waals surface area contributed by atoms with Crippen molar-refractivity contribution in [1.82, 2.24) is 0 Å². The molecule has 2 unspecified atom stereocenters. The highest BCUT2D eigenvalue weighted by Crippen LogP contribution is 2.37. The summed E-state index contributed by atoms with van der Waals surface area (Å²) in [6, 6.07) is 0. The molecule has 1 heterocycles. The van der Waals surface area contributed by atoms with Crippen molar-refractivity contribution >= 4 is 29.5 Å². The highest BCUT2D eigenvalue weighted by Gasteiger charge is 2.24. The Labute approximate surface area is 138 Å². The van der Waals surface area contributed by atoms with Gasteiger partial charge in [0, 0.05) is 6.61 Å². The van der Waals surface area contributed by atoms with Crippen LogP contribution in [0.2, 0.25) is 0 Å². The monoisotopic (exact) mass is 334 g/mol. The van der Waals surface area contributed by atoms with Gasteiger partial charge in [-0.25, -0.2) is 0 Å². The van der Waals surface area contributed by atoms with E-state index in [-0.39, 0.29) is 12.1 Å². The summed E-state index contributed by atoms with van der Waals surface area (Å²) >= 11 is 4.11. The van der Waals surface area contributed by atoms with E-state index in [1.54, 1.807) is 0 Å². The number of rotatable bonds is 9. The van der Waals surface area contributed by atoms with Gasteiger partial charge >= 0.3 is 5.97 Å². The van der Waals surface area contributed by atoms with Crippen LogP contribution < -0.4 is 0 Å². The molecule has 0 aromatic heterocycles. The predicted octanol–water partition coefficient (Wildman–Crippen LogP) is 4.20. The Bertz CT molecular complexity index is 291. The van der Waals surface area contributed by atoms with Gasteiger partial charge in [0.15, 0.2) is 0 Å². The lowest BCUT2D eigenvalue weighted by Gasteiger charge is -2.28. The third-order valence-corrected chi connectivity index (χ3v) is 6.71. The topological polar surface area (TPSA) is 35.5 Å². The van der Waals surface area contributed by atoms with E-state index in [1.165, 1.54) is 17.9 Å². The number of hydrogen-bond donors (Lipinski definition) is 0. The number of esters is 1. The average molecular weight is 335 g/mol. The molecule has 1 rings (SSSR count). The van der Waals surface area contributed by atoms with Crippen LogP contribution in [0.5, 0.6) is 0 Å². The lowest BCUT2D eigenvalue weighted by molar-refractivity contribution is -0.150. The molecule has 5 heteroatoms. The summed E-state index contributed by atoms with van der Waals surface area (Å²) in [5.41, 5.74) is 0. The minimum absolute atomic E-state index is 0.000672. The quantitative estimate of drug-likeness (QED) is 0.466. The predicted molar refractivity (Wildman–Crippen MR) is 92.9 cm³/mol. The van der Waals surface area contributed by atoms with Crippen LogP contribution in [-0.2, 0) is 14.3 Å². The maximum atomic E-state index is 11.7. The fourth-order valence-electron chi connectivity index (χ4n) is 2.28. The summed E-state index contributed by atoms with van der Waals surface area (Å²) in [4.78, 5) is 11.7. The number of ether oxygens (including phenoxy) is 2. The Morgan fingerprint density at radius 3 is 2.48 bits per heavy atom. The second-order valence-corrected chi connectivity index (χ2v) is 8.99. The summed E-state index contributed by atoms with van der Waals surface area (Å²) in [6.07, 6.45) is 2.63. The summed E-state index contributed by atoms with van der Waals surface area (Å²) < 4.78 is 11.6. The van der Waals surface area contributed by atoms with Crippen LogP contribution in [0, 0.1) is 11.8 Å². The van der Waals surface area contributed by atoms with Gasteiger partial charge in [0.05, 0.1) is 23.7 Å². The largest absolute Gasteiger partial charge is 0.463 e. The molecule has 1 aliphatic heterocycles. The van der Waals surface area contributed by atoms with Crippen LogP contribution in [0.3, 0.4) is 0 Å². The third-order valence-electron chi connectivity index (χ3n) is 3.26. The first-order valence-corrected chi connectivity index (χ1v) is 10.1. The first-order valence-electron chi connectivity index (χ1n) is 7.99. The minimum Gasteiger partial charge on any atom is -0.463 e. The minimum atomic E-state index is -0.137. The van der Waals surface area contributed by atoms with Crippen LogP contribution in [0.1, 0.15) is 47.0 Å². The van der Waals surface area contributed by atoms with Crippen LogP contribution in [-0.4, -0.2) is 41.4 Å². The van der Waals surface area contributed by atoms with Crippen LogP contribution in [0.4, 0.5) is 0 Å². The highest BCUT2D eigenvalue weighted by atomic mass is 32.2. The lowest BCUT2D eigenvalue weighted by Crippen LogP contribution is -2.23. The molecule has 0 aromatic carbocycles. The Morgan fingerprint density at radius 2 is 1.86 bits per heavy atom. The van der Waals surface area contributed by atoms with Crippen LogP contribution in [0.15, 0.2) is 0 Å². The zero-order valence-electron chi connectivity index (χ0n) is 13.8. The molecule has 3 nitrogen and oxygen atoms in total. The first-order chi connectivity index (χ1) is 9.99. The van der Waals surface area contributed by atoms with Crippen molar-refractivity contribution in [2.75, 3.05) is 24.7 Å². The van der Waals surface area contributed by atoms with E-state index in [2.05, 4.69) is 44.3 Å². The van der Waals surface area contributed by atoms with Gasteiger partial charge in [-0.15, -0.1) is 23.5 Å². The molecule has 0 radical (unpaired) electrons. The smallest absolute Gasteiger partial charge is 0.308 e. The van der Waals surface area contributed by atoms with Gasteiger partial charge in [0.1, 0.15) is 0 Å². The Balaban J connectivity index is 2.13. The fraction of sp³-hybridized carbons (Fsp3) is 0.938. The molecule has 0 amide bonds. The van der Waals surface area contributed by atoms with E-state index in [4.69, 9.17) is 9.47 Å². The lowest BCUT2D eigenvalue weighted by atomic mass is 10.1. The van der Waals surface area contributed by atoms with Gasteiger partial charge in [-0.1, -0.05) is 20.8 Å². The van der Waals surface area contributed by atoms with E-state index in [1.807, 2.05) is 6.92 Å². The third kappa shape index (κ3) is 8.99. The van der Waals surface area contributed by atoms with E-state index < -0.39 is 0 Å². The van der Waals surface area contributed by atoms with Crippen molar-refractivity contribution in [1.29, 1.82) is 0 Å². The van der Waals surface area contributed by atoms with E-state index in [0.29, 0.717) is 36.1 Å². The van der Waals surface area contributed by atoms with Crippen molar-refractivity contribution in [2.45, 2.75) is 57.6 Å². The molecule has 1 saturated heterocycles. The summed E-state index contributed by atoms with van der Waals surface area (Å²) in [5.74, 6) is 3.49. The maximum absolute atomic E-state index is 11.7. The molecule has 0 aliphatic carbocycles. The Hall–Kier alpha value is 0.130. The van der Waals surface area contributed by atoms with Gasteiger partial charge < -0.3 is 9.47 Å². The zero-order chi connectivity index (χ0) is 15.7. The van der Waals surface area contributed by atoms with Crippen molar-refractivity contribution < 1.29 is 14.3 Å². The molecule has 124 valence electrons. The summed E-state index contributed by atoms with van der Waals surface area (Å²) in [5, 5.41) is 0. The molecule has 0 saturated carbocycles. The zero-order valence-corrected chi connectivity index (χ0v) is 15.4. The van der Waals surface area contributed by atoms with Gasteiger partial charge in [-0.3, -0.25) is 4.79 Å². The summed E-state index contributed by atoms with van der Waals surface area (Å²) in [7, 11) is 0.